The molecule has 1 atom stereocenters. The van der Waals surface area contributed by atoms with Gasteiger partial charge in [-0.2, -0.15) is 0 Å². The van der Waals surface area contributed by atoms with E-state index in [1.807, 2.05) is 26.0 Å². The van der Waals surface area contributed by atoms with Crippen LogP contribution in [0, 0.1) is 5.92 Å². The van der Waals surface area contributed by atoms with Crippen LogP contribution in [0.1, 0.15) is 46.5 Å². The van der Waals surface area contributed by atoms with Crippen molar-refractivity contribution >= 4 is 17.5 Å². The lowest BCUT2D eigenvalue weighted by Crippen LogP contribution is -2.39. The Morgan fingerprint density at radius 3 is 2.80 bits per heavy atom. The fourth-order valence-electron chi connectivity index (χ4n) is 2.54. The monoisotopic (exact) mass is 276 g/mol. The van der Waals surface area contributed by atoms with Crippen LogP contribution >= 0.6 is 0 Å². The number of anilines is 2. The van der Waals surface area contributed by atoms with E-state index in [0.29, 0.717) is 11.9 Å². The van der Waals surface area contributed by atoms with Crippen molar-refractivity contribution in [2.24, 2.45) is 5.92 Å². The maximum absolute atomic E-state index is 11.6. The fraction of sp³-hybridized carbons (Fsp3) is 0.667. The third-order valence-corrected chi connectivity index (χ3v) is 3.82. The Morgan fingerprint density at radius 1 is 1.40 bits per heavy atom. The predicted octanol–water partition coefficient (Wildman–Crippen LogP) is 2.84. The van der Waals surface area contributed by atoms with Crippen molar-refractivity contribution < 1.29 is 4.79 Å². The van der Waals surface area contributed by atoms with Gasteiger partial charge in [0.05, 0.1) is 0 Å². The Bertz CT molecular complexity index is 444. The smallest absolute Gasteiger partial charge is 0.228 e. The third-order valence-electron chi connectivity index (χ3n) is 3.82. The van der Waals surface area contributed by atoms with E-state index in [0.717, 1.165) is 18.8 Å². The van der Waals surface area contributed by atoms with Gasteiger partial charge in [-0.15, -0.1) is 10.2 Å². The lowest BCUT2D eigenvalue weighted by Gasteiger charge is -2.35. The molecule has 0 bridgehead atoms. The van der Waals surface area contributed by atoms with Crippen LogP contribution in [0.15, 0.2) is 12.1 Å². The number of nitrogens with zero attached hydrogens (tertiary/aromatic N) is 3. The second-order valence-corrected chi connectivity index (χ2v) is 5.67. The summed E-state index contributed by atoms with van der Waals surface area (Å²) < 4.78 is 0. The molecule has 0 aromatic carbocycles. The van der Waals surface area contributed by atoms with Gasteiger partial charge in [-0.05, 0) is 37.8 Å². The van der Waals surface area contributed by atoms with Crippen LogP contribution in [0.5, 0.6) is 0 Å². The zero-order valence-electron chi connectivity index (χ0n) is 12.6. The molecule has 1 aliphatic heterocycles. The summed E-state index contributed by atoms with van der Waals surface area (Å²) in [6, 6.07) is 4.36. The zero-order valence-corrected chi connectivity index (χ0v) is 12.6. The molecule has 1 aromatic rings. The molecule has 5 heteroatoms. The lowest BCUT2D eigenvalue weighted by atomic mass is 10.0. The van der Waals surface area contributed by atoms with E-state index in [1.54, 1.807) is 0 Å². The number of amides is 1. The minimum Gasteiger partial charge on any atom is -0.352 e. The molecule has 1 aromatic heterocycles. The Balaban J connectivity index is 2.05. The number of rotatable bonds is 4. The van der Waals surface area contributed by atoms with Gasteiger partial charge >= 0.3 is 0 Å². The molecule has 0 saturated carbocycles. The third kappa shape index (κ3) is 3.46. The molecule has 2 heterocycles. The number of carbonyl (C=O) groups excluding carboxylic acids is 1. The highest BCUT2D eigenvalue weighted by Crippen LogP contribution is 2.24. The summed E-state index contributed by atoms with van der Waals surface area (Å²) in [5, 5.41) is 11.2. The second kappa shape index (κ2) is 6.68. The molecule has 1 aliphatic rings. The van der Waals surface area contributed by atoms with Crippen molar-refractivity contribution in [3.8, 4) is 0 Å². The molecule has 1 fully saturated rings. The van der Waals surface area contributed by atoms with Gasteiger partial charge < -0.3 is 10.2 Å². The summed E-state index contributed by atoms with van der Waals surface area (Å²) in [4.78, 5) is 13.9. The number of hydrogen-bond acceptors (Lipinski definition) is 4. The van der Waals surface area contributed by atoms with Gasteiger partial charge in [-0.25, -0.2) is 0 Å². The molecule has 2 rings (SSSR count). The predicted molar refractivity (Wildman–Crippen MR) is 80.8 cm³/mol. The number of piperidine rings is 1. The van der Waals surface area contributed by atoms with Crippen molar-refractivity contribution in [3.05, 3.63) is 12.1 Å². The molecule has 1 unspecified atom stereocenters. The van der Waals surface area contributed by atoms with Crippen LogP contribution in [0.4, 0.5) is 11.6 Å². The van der Waals surface area contributed by atoms with Crippen LogP contribution in [-0.2, 0) is 4.79 Å². The quantitative estimate of drug-likeness (QED) is 0.918. The summed E-state index contributed by atoms with van der Waals surface area (Å²) >= 11 is 0. The van der Waals surface area contributed by atoms with Gasteiger partial charge in [0.15, 0.2) is 11.6 Å². The van der Waals surface area contributed by atoms with Crippen molar-refractivity contribution in [1.82, 2.24) is 10.2 Å². The van der Waals surface area contributed by atoms with Gasteiger partial charge in [0, 0.05) is 18.5 Å². The molecule has 1 N–H and O–H groups in total. The van der Waals surface area contributed by atoms with Crippen LogP contribution in [0.2, 0.25) is 0 Å². The van der Waals surface area contributed by atoms with E-state index >= 15 is 0 Å². The first kappa shape index (κ1) is 14.8. The maximum Gasteiger partial charge on any atom is 0.228 e. The maximum atomic E-state index is 11.6. The Morgan fingerprint density at radius 2 is 2.20 bits per heavy atom. The van der Waals surface area contributed by atoms with E-state index in [-0.39, 0.29) is 11.8 Å². The molecule has 0 aliphatic carbocycles. The van der Waals surface area contributed by atoms with Crippen LogP contribution in [0.25, 0.3) is 0 Å². The first-order valence-electron chi connectivity index (χ1n) is 7.53. The molecule has 110 valence electrons. The average Bonchev–Trinajstić information content (AvgIpc) is 2.48. The van der Waals surface area contributed by atoms with Crippen LogP contribution in [-0.4, -0.2) is 28.7 Å². The van der Waals surface area contributed by atoms with E-state index in [9.17, 15) is 4.79 Å². The largest absolute Gasteiger partial charge is 0.352 e. The normalized spacial score (nSPS) is 19.2. The molecule has 20 heavy (non-hydrogen) atoms. The zero-order chi connectivity index (χ0) is 14.5. The molecule has 1 amide bonds. The molecular weight excluding hydrogens is 252 g/mol. The van der Waals surface area contributed by atoms with Gasteiger partial charge in [0.2, 0.25) is 5.91 Å². The van der Waals surface area contributed by atoms with Crippen molar-refractivity contribution in [2.75, 3.05) is 16.8 Å². The first-order chi connectivity index (χ1) is 9.61. The summed E-state index contributed by atoms with van der Waals surface area (Å²) in [5.41, 5.74) is 0. The highest BCUT2D eigenvalue weighted by atomic mass is 16.1. The number of carbonyl (C=O) groups is 1. The standard InChI is InChI=1S/C15H24N4O/c1-4-12-7-5-6-10-19(12)14-9-8-13(17-18-14)16-15(20)11(2)3/h8-9,11-12H,4-7,10H2,1-3H3,(H,16,17,20). The minimum atomic E-state index is -0.0527. The number of hydrogen-bond donors (Lipinski definition) is 1. The number of nitrogens with one attached hydrogen (secondary N) is 1. The summed E-state index contributed by atoms with van der Waals surface area (Å²) in [6.45, 7) is 6.98. The van der Waals surface area contributed by atoms with Gasteiger partial charge in [0.1, 0.15) is 0 Å². The van der Waals surface area contributed by atoms with Crippen LogP contribution < -0.4 is 10.2 Å². The SMILES string of the molecule is CCC1CCCCN1c1ccc(NC(=O)C(C)C)nn1. The minimum absolute atomic E-state index is 0.0311. The molecule has 0 radical (unpaired) electrons. The molecule has 1 saturated heterocycles. The first-order valence-corrected chi connectivity index (χ1v) is 7.53. The Kier molecular flexibility index (Phi) is 4.93. The molecule has 0 spiro atoms. The van der Waals surface area contributed by atoms with Gasteiger partial charge in [0.25, 0.3) is 0 Å². The van der Waals surface area contributed by atoms with E-state index in [4.69, 9.17) is 0 Å². The average molecular weight is 276 g/mol. The Hall–Kier alpha value is -1.65. The second-order valence-electron chi connectivity index (χ2n) is 5.67. The summed E-state index contributed by atoms with van der Waals surface area (Å²) in [7, 11) is 0. The lowest BCUT2D eigenvalue weighted by molar-refractivity contribution is -0.118. The van der Waals surface area contributed by atoms with Gasteiger partial charge in [-0.3, -0.25) is 4.79 Å². The van der Waals surface area contributed by atoms with Crippen molar-refractivity contribution in [1.29, 1.82) is 0 Å². The van der Waals surface area contributed by atoms with E-state index in [1.165, 1.54) is 19.3 Å². The fourth-order valence-corrected chi connectivity index (χ4v) is 2.54. The Labute approximate surface area is 120 Å². The highest BCUT2D eigenvalue weighted by molar-refractivity contribution is 5.91. The topological polar surface area (TPSA) is 58.1 Å². The number of aromatic nitrogens is 2. The van der Waals surface area contributed by atoms with Crippen molar-refractivity contribution in [2.45, 2.75) is 52.5 Å². The highest BCUT2D eigenvalue weighted by Gasteiger charge is 2.22. The van der Waals surface area contributed by atoms with Crippen molar-refractivity contribution in [3.63, 3.8) is 0 Å². The molecule has 5 nitrogen and oxygen atoms in total. The van der Waals surface area contributed by atoms with E-state index < -0.39 is 0 Å². The van der Waals surface area contributed by atoms with E-state index in [2.05, 4.69) is 27.3 Å². The summed E-state index contributed by atoms with van der Waals surface area (Å²) in [6.07, 6.45) is 4.87. The van der Waals surface area contributed by atoms with Crippen LogP contribution in [0.3, 0.4) is 0 Å². The molecular formula is C15H24N4O. The van der Waals surface area contributed by atoms with Gasteiger partial charge in [-0.1, -0.05) is 20.8 Å². The summed E-state index contributed by atoms with van der Waals surface area (Å²) in [5.74, 6) is 1.36.